The van der Waals surface area contributed by atoms with Gasteiger partial charge in [0.05, 0.1) is 5.69 Å². The van der Waals surface area contributed by atoms with Crippen LogP contribution in [0.3, 0.4) is 0 Å². The molecule has 0 saturated heterocycles. The smallest absolute Gasteiger partial charge is 0.219 e. The number of nitrogens with zero attached hydrogens (tertiary/aromatic N) is 3. The summed E-state index contributed by atoms with van der Waals surface area (Å²) >= 11 is 0. The van der Waals surface area contributed by atoms with Crippen molar-refractivity contribution in [2.45, 2.75) is 40.2 Å². The fourth-order valence-corrected chi connectivity index (χ4v) is 2.37. The number of rotatable bonds is 6. The lowest BCUT2D eigenvalue weighted by atomic mass is 10.1. The molecule has 0 aromatic carbocycles. The van der Waals surface area contributed by atoms with E-state index in [1.165, 1.54) is 5.56 Å². The second-order valence-corrected chi connectivity index (χ2v) is 5.31. The minimum atomic E-state index is 0.644. The molecule has 0 atom stereocenters. The van der Waals surface area contributed by atoms with Gasteiger partial charge in [0.15, 0.2) is 5.75 Å². The normalized spacial score (nSPS) is 10.9. The van der Waals surface area contributed by atoms with E-state index in [1.54, 1.807) is 0 Å². The molecule has 0 amide bonds. The Morgan fingerprint density at radius 2 is 2.05 bits per heavy atom. The Hall–Kier alpha value is -1.88. The third-order valence-corrected chi connectivity index (χ3v) is 3.45. The van der Waals surface area contributed by atoms with Gasteiger partial charge in [-0.15, -0.1) is 0 Å². The van der Waals surface area contributed by atoms with E-state index in [2.05, 4.69) is 28.4 Å². The van der Waals surface area contributed by atoms with Crippen LogP contribution in [0.2, 0.25) is 0 Å². The lowest BCUT2D eigenvalue weighted by molar-refractivity contribution is 0.452. The minimum absolute atomic E-state index is 0.644. The Bertz CT molecular complexity index is 595. The standard InChI is InChI=1S/C16H24N4O/c1-6-7-14-8-13(10-17-4)9-15(18-14)21-16-11(2)19-20(5)12(16)3/h8-9,17H,6-7,10H2,1-5H3. The zero-order valence-corrected chi connectivity index (χ0v) is 13.5. The van der Waals surface area contributed by atoms with Crippen molar-refractivity contribution in [1.82, 2.24) is 20.1 Å². The fraction of sp³-hybridized carbons (Fsp3) is 0.500. The molecule has 0 radical (unpaired) electrons. The maximum atomic E-state index is 6.01. The SMILES string of the molecule is CCCc1cc(CNC)cc(Oc2c(C)nn(C)c2C)n1. The van der Waals surface area contributed by atoms with Gasteiger partial charge in [-0.3, -0.25) is 4.68 Å². The second-order valence-electron chi connectivity index (χ2n) is 5.31. The average Bonchev–Trinajstić information content (AvgIpc) is 2.66. The summed E-state index contributed by atoms with van der Waals surface area (Å²) in [5.74, 6) is 1.44. The van der Waals surface area contributed by atoms with E-state index in [0.29, 0.717) is 5.88 Å². The lowest BCUT2D eigenvalue weighted by Gasteiger charge is -2.10. The topological polar surface area (TPSA) is 52.0 Å². The molecule has 0 aliphatic rings. The molecule has 2 aromatic heterocycles. The third kappa shape index (κ3) is 3.61. The molecule has 0 bridgehead atoms. The molecule has 0 fully saturated rings. The first-order chi connectivity index (χ1) is 10.0. The van der Waals surface area contributed by atoms with Crippen LogP contribution in [0.5, 0.6) is 11.6 Å². The highest BCUT2D eigenvalue weighted by Crippen LogP contribution is 2.27. The van der Waals surface area contributed by atoms with E-state index in [1.807, 2.05) is 38.7 Å². The van der Waals surface area contributed by atoms with Gasteiger partial charge in [0.1, 0.15) is 5.69 Å². The van der Waals surface area contributed by atoms with Gasteiger partial charge >= 0.3 is 0 Å². The van der Waals surface area contributed by atoms with Gasteiger partial charge in [-0.05, 0) is 38.9 Å². The van der Waals surface area contributed by atoms with E-state index >= 15 is 0 Å². The fourth-order valence-electron chi connectivity index (χ4n) is 2.37. The van der Waals surface area contributed by atoms with Crippen LogP contribution in [0.1, 0.15) is 36.0 Å². The van der Waals surface area contributed by atoms with Crippen molar-refractivity contribution in [3.8, 4) is 11.6 Å². The van der Waals surface area contributed by atoms with Gasteiger partial charge in [0.25, 0.3) is 0 Å². The van der Waals surface area contributed by atoms with Gasteiger partial charge in [0, 0.05) is 25.4 Å². The van der Waals surface area contributed by atoms with Crippen molar-refractivity contribution in [1.29, 1.82) is 0 Å². The van der Waals surface area contributed by atoms with Gasteiger partial charge in [0.2, 0.25) is 5.88 Å². The van der Waals surface area contributed by atoms with Gasteiger partial charge in [-0.25, -0.2) is 4.98 Å². The molecule has 0 aliphatic heterocycles. The first-order valence-corrected chi connectivity index (χ1v) is 7.37. The molecule has 5 heteroatoms. The summed E-state index contributed by atoms with van der Waals surface area (Å²) in [5.41, 5.74) is 4.14. The third-order valence-electron chi connectivity index (χ3n) is 3.45. The highest BCUT2D eigenvalue weighted by Gasteiger charge is 2.13. The van der Waals surface area contributed by atoms with E-state index in [9.17, 15) is 0 Å². The summed E-state index contributed by atoms with van der Waals surface area (Å²) in [6.07, 6.45) is 2.03. The minimum Gasteiger partial charge on any atom is -0.435 e. The lowest BCUT2D eigenvalue weighted by Crippen LogP contribution is -2.07. The van der Waals surface area contributed by atoms with Gasteiger partial charge in [-0.2, -0.15) is 5.10 Å². The monoisotopic (exact) mass is 288 g/mol. The van der Waals surface area contributed by atoms with Crippen LogP contribution in [-0.2, 0) is 20.0 Å². The summed E-state index contributed by atoms with van der Waals surface area (Å²) in [4.78, 5) is 4.61. The van der Waals surface area contributed by atoms with Crippen molar-refractivity contribution in [3.05, 3.63) is 34.8 Å². The number of aryl methyl sites for hydroxylation is 3. The zero-order valence-electron chi connectivity index (χ0n) is 13.5. The molecule has 1 N–H and O–H groups in total. The van der Waals surface area contributed by atoms with Crippen molar-refractivity contribution in [2.24, 2.45) is 7.05 Å². The number of aromatic nitrogens is 3. The number of nitrogens with one attached hydrogen (secondary N) is 1. The summed E-state index contributed by atoms with van der Waals surface area (Å²) in [7, 11) is 3.86. The van der Waals surface area contributed by atoms with E-state index in [4.69, 9.17) is 4.74 Å². The molecule has 2 rings (SSSR count). The molecule has 5 nitrogen and oxygen atoms in total. The van der Waals surface area contributed by atoms with Crippen LogP contribution in [-0.4, -0.2) is 21.8 Å². The van der Waals surface area contributed by atoms with Crippen molar-refractivity contribution < 1.29 is 4.74 Å². The van der Waals surface area contributed by atoms with Crippen LogP contribution in [0.25, 0.3) is 0 Å². The number of hydrogen-bond donors (Lipinski definition) is 1. The van der Waals surface area contributed by atoms with Gasteiger partial charge in [-0.1, -0.05) is 13.3 Å². The zero-order chi connectivity index (χ0) is 15.4. The molecule has 21 heavy (non-hydrogen) atoms. The largest absolute Gasteiger partial charge is 0.435 e. The summed E-state index contributed by atoms with van der Waals surface area (Å²) in [5, 5.41) is 7.55. The molecule has 2 heterocycles. The Morgan fingerprint density at radius 3 is 2.62 bits per heavy atom. The predicted octanol–water partition coefficient (Wildman–Crippen LogP) is 2.90. The average molecular weight is 288 g/mol. The first-order valence-electron chi connectivity index (χ1n) is 7.37. The van der Waals surface area contributed by atoms with E-state index in [0.717, 1.165) is 42.2 Å². The quantitative estimate of drug-likeness (QED) is 0.888. The number of ether oxygens (including phenoxy) is 1. The second kappa shape index (κ2) is 6.72. The highest BCUT2D eigenvalue weighted by molar-refractivity contribution is 5.36. The van der Waals surface area contributed by atoms with Crippen molar-refractivity contribution in [2.75, 3.05) is 7.05 Å². The van der Waals surface area contributed by atoms with Crippen LogP contribution >= 0.6 is 0 Å². The summed E-state index contributed by atoms with van der Waals surface area (Å²) in [6.45, 7) is 6.91. The maximum Gasteiger partial charge on any atom is 0.219 e. The summed E-state index contributed by atoms with van der Waals surface area (Å²) in [6, 6.07) is 4.12. The molecule has 0 spiro atoms. The number of hydrogen-bond acceptors (Lipinski definition) is 4. The molecule has 0 saturated carbocycles. The van der Waals surface area contributed by atoms with Crippen LogP contribution in [0.15, 0.2) is 12.1 Å². The van der Waals surface area contributed by atoms with Crippen molar-refractivity contribution in [3.63, 3.8) is 0 Å². The van der Waals surface area contributed by atoms with E-state index < -0.39 is 0 Å². The van der Waals surface area contributed by atoms with Crippen molar-refractivity contribution >= 4 is 0 Å². The predicted molar refractivity (Wildman–Crippen MR) is 83.8 cm³/mol. The van der Waals surface area contributed by atoms with E-state index in [-0.39, 0.29) is 0 Å². The first kappa shape index (κ1) is 15.5. The molecule has 0 aliphatic carbocycles. The van der Waals surface area contributed by atoms with Crippen LogP contribution in [0.4, 0.5) is 0 Å². The molecule has 114 valence electrons. The van der Waals surface area contributed by atoms with Crippen LogP contribution < -0.4 is 10.1 Å². The highest BCUT2D eigenvalue weighted by atomic mass is 16.5. The Labute approximate surface area is 126 Å². The van der Waals surface area contributed by atoms with Crippen LogP contribution in [0, 0.1) is 13.8 Å². The molecule has 2 aromatic rings. The molecular formula is C16H24N4O. The summed E-state index contributed by atoms with van der Waals surface area (Å²) < 4.78 is 7.84. The Morgan fingerprint density at radius 1 is 1.29 bits per heavy atom. The van der Waals surface area contributed by atoms with Gasteiger partial charge < -0.3 is 10.1 Å². The molecule has 0 unspecified atom stereocenters. The molecular weight excluding hydrogens is 264 g/mol. The number of pyridine rings is 1. The Kier molecular flexibility index (Phi) is 4.96. The maximum absolute atomic E-state index is 6.01. The Balaban J connectivity index is 2.33.